The zero-order valence-electron chi connectivity index (χ0n) is 8.56. The first-order valence-corrected chi connectivity index (χ1v) is 4.63. The smallest absolute Gasteiger partial charge is 0.283 e. The van der Waals surface area contributed by atoms with Crippen molar-refractivity contribution >= 4 is 22.5 Å². The molecule has 2 rings (SSSR count). The molecule has 84 valence electrons. The third-order valence-electron chi connectivity index (χ3n) is 2.20. The first-order valence-electron chi connectivity index (χ1n) is 4.63. The maximum atomic E-state index is 10.9. The van der Waals surface area contributed by atoms with Gasteiger partial charge >= 0.3 is 0 Å². The van der Waals surface area contributed by atoms with E-state index < -0.39 is 0 Å². The fraction of sp³-hybridized carbons (Fsp3) is 0.0909. The third kappa shape index (κ3) is 2.41. The van der Waals surface area contributed by atoms with E-state index in [2.05, 4.69) is 0 Å². The molecular formula is C11H12ClN3O. The lowest BCUT2D eigenvalue weighted by molar-refractivity contribution is -0.657. The van der Waals surface area contributed by atoms with Crippen LogP contribution in [0.1, 0.15) is 0 Å². The number of nitrogen functional groups attached to an aromatic ring is 1. The van der Waals surface area contributed by atoms with E-state index in [-0.39, 0.29) is 24.9 Å². The number of carbonyl (C=O) groups excluding carboxylic acids is 1. The number of halogens is 1. The van der Waals surface area contributed by atoms with Crippen LogP contribution in [0.2, 0.25) is 0 Å². The molecule has 5 heteroatoms. The number of pyridine rings is 1. The zero-order chi connectivity index (χ0) is 10.8. The van der Waals surface area contributed by atoms with Gasteiger partial charge in [0.25, 0.3) is 5.91 Å². The summed E-state index contributed by atoms with van der Waals surface area (Å²) in [6.07, 6.45) is 1.72. The normalized spacial score (nSPS) is 9.75. The maximum absolute atomic E-state index is 10.9. The number of benzene rings is 1. The SMILES string of the molecule is NC(=O)C[n+]1cc(N)cc2ccccc21.[Cl-]. The molecule has 0 atom stereocenters. The Morgan fingerprint density at radius 1 is 1.31 bits per heavy atom. The van der Waals surface area contributed by atoms with Crippen molar-refractivity contribution in [2.45, 2.75) is 6.54 Å². The van der Waals surface area contributed by atoms with Crippen LogP contribution in [0.5, 0.6) is 0 Å². The number of hydrogen-bond donors (Lipinski definition) is 2. The molecule has 0 aliphatic heterocycles. The number of nitrogens with zero attached hydrogens (tertiary/aromatic N) is 1. The van der Waals surface area contributed by atoms with Gasteiger partial charge in [-0.3, -0.25) is 4.79 Å². The van der Waals surface area contributed by atoms with Crippen LogP contribution in [-0.2, 0) is 11.3 Å². The number of nitrogens with two attached hydrogens (primary N) is 2. The van der Waals surface area contributed by atoms with Gasteiger partial charge in [-0.1, -0.05) is 12.1 Å². The van der Waals surface area contributed by atoms with Gasteiger partial charge in [0.05, 0.1) is 5.69 Å². The number of aromatic nitrogens is 1. The summed E-state index contributed by atoms with van der Waals surface area (Å²) in [4.78, 5) is 10.9. The highest BCUT2D eigenvalue weighted by molar-refractivity contribution is 5.79. The Labute approximate surface area is 99.3 Å². The van der Waals surface area contributed by atoms with Crippen molar-refractivity contribution in [3.8, 4) is 0 Å². The molecule has 4 N–H and O–H groups in total. The summed E-state index contributed by atoms with van der Waals surface area (Å²) in [6.45, 7) is 0.144. The second-order valence-electron chi connectivity index (χ2n) is 3.43. The van der Waals surface area contributed by atoms with Crippen molar-refractivity contribution < 1.29 is 21.8 Å². The third-order valence-corrected chi connectivity index (χ3v) is 2.20. The lowest BCUT2D eigenvalue weighted by atomic mass is 10.2. The van der Waals surface area contributed by atoms with Crippen molar-refractivity contribution in [1.82, 2.24) is 0 Å². The number of para-hydroxylation sites is 1. The Balaban J connectivity index is 0.00000128. The van der Waals surface area contributed by atoms with E-state index in [4.69, 9.17) is 11.5 Å². The van der Waals surface area contributed by atoms with E-state index >= 15 is 0 Å². The Kier molecular flexibility index (Phi) is 3.68. The summed E-state index contributed by atoms with van der Waals surface area (Å²) in [5.74, 6) is -0.379. The Morgan fingerprint density at radius 2 is 2.00 bits per heavy atom. The number of hydrogen-bond acceptors (Lipinski definition) is 2. The van der Waals surface area contributed by atoms with Gasteiger partial charge in [-0.05, 0) is 12.1 Å². The number of primary amides is 1. The summed E-state index contributed by atoms with van der Waals surface area (Å²) in [5.41, 5.74) is 12.5. The van der Waals surface area contributed by atoms with Crippen LogP contribution in [0.15, 0.2) is 36.5 Å². The van der Waals surface area contributed by atoms with Crippen LogP contribution >= 0.6 is 0 Å². The Morgan fingerprint density at radius 3 is 2.69 bits per heavy atom. The minimum Gasteiger partial charge on any atom is -1.00 e. The van der Waals surface area contributed by atoms with Crippen LogP contribution in [0.4, 0.5) is 5.69 Å². The minimum absolute atomic E-state index is 0. The molecule has 1 heterocycles. The van der Waals surface area contributed by atoms with Crippen LogP contribution in [0.3, 0.4) is 0 Å². The van der Waals surface area contributed by atoms with Gasteiger partial charge in [0.1, 0.15) is 0 Å². The maximum Gasteiger partial charge on any atom is 0.283 e. The van der Waals surface area contributed by atoms with E-state index in [1.54, 1.807) is 10.8 Å². The number of amides is 1. The lowest BCUT2D eigenvalue weighted by Crippen LogP contribution is -3.00. The fourth-order valence-electron chi connectivity index (χ4n) is 1.64. The monoisotopic (exact) mass is 237 g/mol. The van der Waals surface area contributed by atoms with Crippen molar-refractivity contribution in [3.63, 3.8) is 0 Å². The molecule has 2 aromatic rings. The van der Waals surface area contributed by atoms with E-state index in [1.165, 1.54) is 0 Å². The van der Waals surface area contributed by atoms with Crippen molar-refractivity contribution in [2.24, 2.45) is 5.73 Å². The largest absolute Gasteiger partial charge is 1.00 e. The lowest BCUT2D eigenvalue weighted by Gasteiger charge is -2.00. The van der Waals surface area contributed by atoms with Gasteiger partial charge in [-0.25, -0.2) is 0 Å². The number of fused-ring (bicyclic) bond motifs is 1. The molecule has 1 amide bonds. The topological polar surface area (TPSA) is 73.0 Å². The quantitative estimate of drug-likeness (QED) is 0.554. The van der Waals surface area contributed by atoms with E-state index in [1.807, 2.05) is 30.3 Å². The molecule has 0 saturated heterocycles. The van der Waals surface area contributed by atoms with Gasteiger partial charge < -0.3 is 23.9 Å². The summed E-state index contributed by atoms with van der Waals surface area (Å²) in [7, 11) is 0. The molecule has 0 spiro atoms. The predicted octanol–water partition coefficient (Wildman–Crippen LogP) is -2.80. The predicted molar refractivity (Wildman–Crippen MR) is 57.7 cm³/mol. The second kappa shape index (κ2) is 4.81. The molecule has 0 bridgehead atoms. The number of anilines is 1. The Hall–Kier alpha value is -1.81. The van der Waals surface area contributed by atoms with Gasteiger partial charge in [0.15, 0.2) is 6.20 Å². The summed E-state index contributed by atoms with van der Waals surface area (Å²) < 4.78 is 1.76. The van der Waals surface area contributed by atoms with Crippen LogP contribution in [0.25, 0.3) is 10.9 Å². The minimum atomic E-state index is -0.379. The molecule has 1 aromatic heterocycles. The highest BCUT2D eigenvalue weighted by atomic mass is 35.5. The summed E-state index contributed by atoms with van der Waals surface area (Å²) in [6, 6.07) is 9.58. The number of carbonyl (C=O) groups is 1. The molecule has 0 unspecified atom stereocenters. The van der Waals surface area contributed by atoms with E-state index in [0.29, 0.717) is 5.69 Å². The molecule has 0 aliphatic rings. The summed E-state index contributed by atoms with van der Waals surface area (Å²) in [5, 5.41) is 0.999. The fourth-order valence-corrected chi connectivity index (χ4v) is 1.64. The van der Waals surface area contributed by atoms with Crippen molar-refractivity contribution in [3.05, 3.63) is 36.5 Å². The first-order chi connectivity index (χ1) is 7.16. The van der Waals surface area contributed by atoms with Crippen LogP contribution < -0.4 is 28.4 Å². The van der Waals surface area contributed by atoms with Crippen LogP contribution in [0, 0.1) is 0 Å². The molecule has 4 nitrogen and oxygen atoms in total. The molecule has 0 aliphatic carbocycles. The van der Waals surface area contributed by atoms with E-state index in [9.17, 15) is 4.79 Å². The number of rotatable bonds is 2. The average molecular weight is 238 g/mol. The first kappa shape index (κ1) is 12.3. The molecule has 16 heavy (non-hydrogen) atoms. The van der Waals surface area contributed by atoms with Gasteiger partial charge in [0, 0.05) is 11.5 Å². The average Bonchev–Trinajstić information content (AvgIpc) is 2.16. The molecule has 0 fully saturated rings. The molecule has 0 radical (unpaired) electrons. The second-order valence-corrected chi connectivity index (χ2v) is 3.43. The van der Waals surface area contributed by atoms with Crippen LogP contribution in [-0.4, -0.2) is 5.91 Å². The van der Waals surface area contributed by atoms with Crippen molar-refractivity contribution in [2.75, 3.05) is 5.73 Å². The standard InChI is InChI=1S/C11H11N3O.ClH/c12-9-5-8-3-1-2-4-10(8)14(6-9)7-11(13)15;/h1-6H,7,12H2,(H-,13,15);1H. The van der Waals surface area contributed by atoms with Gasteiger partial charge in [-0.2, -0.15) is 4.57 Å². The van der Waals surface area contributed by atoms with E-state index in [0.717, 1.165) is 10.9 Å². The van der Waals surface area contributed by atoms with Gasteiger partial charge in [0.2, 0.25) is 12.1 Å². The highest BCUT2D eigenvalue weighted by Gasteiger charge is 2.11. The Bertz CT molecular complexity index is 528. The highest BCUT2D eigenvalue weighted by Crippen LogP contribution is 2.12. The molecule has 1 aromatic carbocycles. The van der Waals surface area contributed by atoms with Gasteiger partial charge in [-0.15, -0.1) is 0 Å². The molecule has 0 saturated carbocycles. The summed E-state index contributed by atoms with van der Waals surface area (Å²) >= 11 is 0. The zero-order valence-corrected chi connectivity index (χ0v) is 9.32. The molecular weight excluding hydrogens is 226 g/mol. The van der Waals surface area contributed by atoms with Crippen molar-refractivity contribution in [1.29, 1.82) is 0 Å².